The number of likely N-dealkylation sites (tertiary alicyclic amines) is 1. The molecule has 0 spiro atoms. The largest absolute Gasteiger partial charge is 0.434 e. The van der Waals surface area contributed by atoms with Crippen LogP contribution < -0.4 is 4.74 Å². The fourth-order valence-electron chi connectivity index (χ4n) is 3.39. The highest BCUT2D eigenvalue weighted by Gasteiger charge is 2.24. The third-order valence-corrected chi connectivity index (χ3v) is 4.12. The van der Waals surface area contributed by atoms with Crippen molar-refractivity contribution in [2.45, 2.75) is 33.4 Å². The summed E-state index contributed by atoms with van der Waals surface area (Å²) in [6.45, 7) is 4.13. The Kier molecular flexibility index (Phi) is 5.08. The minimum Gasteiger partial charge on any atom is -0.434 e. The number of aromatic nitrogens is 2. The number of para-hydroxylation sites is 1. The Hall–Kier alpha value is -2.02. The van der Waals surface area contributed by atoms with Crippen molar-refractivity contribution < 1.29 is 18.0 Å². The SMILES string of the molecule is CC1CC(C)CN(Cc2nc(-c3ccccc3OC(F)F)no2)C1. The van der Waals surface area contributed by atoms with E-state index in [2.05, 4.69) is 33.6 Å². The minimum absolute atomic E-state index is 0.0417. The molecule has 24 heavy (non-hydrogen) atoms. The van der Waals surface area contributed by atoms with Crippen LogP contribution in [0.25, 0.3) is 11.4 Å². The predicted octanol–water partition coefficient (Wildman–Crippen LogP) is 3.82. The number of ether oxygens (including phenoxy) is 1. The van der Waals surface area contributed by atoms with Crippen LogP contribution in [0.1, 0.15) is 26.2 Å². The normalized spacial score (nSPS) is 22.0. The average molecular weight is 337 g/mol. The second-order valence-corrected chi connectivity index (χ2v) is 6.53. The summed E-state index contributed by atoms with van der Waals surface area (Å²) >= 11 is 0. The number of hydrogen-bond donors (Lipinski definition) is 0. The fourth-order valence-corrected chi connectivity index (χ4v) is 3.39. The smallest absolute Gasteiger partial charge is 0.387 e. The van der Waals surface area contributed by atoms with E-state index in [0.29, 0.717) is 29.8 Å². The molecule has 130 valence electrons. The molecule has 2 atom stereocenters. The van der Waals surface area contributed by atoms with Gasteiger partial charge in [-0.25, -0.2) is 0 Å². The van der Waals surface area contributed by atoms with E-state index in [1.807, 2.05) is 0 Å². The molecule has 0 saturated carbocycles. The number of rotatable bonds is 5. The van der Waals surface area contributed by atoms with Gasteiger partial charge in [0.1, 0.15) is 5.75 Å². The van der Waals surface area contributed by atoms with Crippen molar-refractivity contribution in [3.63, 3.8) is 0 Å². The summed E-state index contributed by atoms with van der Waals surface area (Å²) in [5.74, 6) is 2.06. The van der Waals surface area contributed by atoms with Gasteiger partial charge in [0.25, 0.3) is 0 Å². The van der Waals surface area contributed by atoms with Crippen LogP contribution in [-0.4, -0.2) is 34.7 Å². The van der Waals surface area contributed by atoms with Crippen LogP contribution in [-0.2, 0) is 6.54 Å². The summed E-state index contributed by atoms with van der Waals surface area (Å²) in [4.78, 5) is 6.64. The molecule has 2 unspecified atom stereocenters. The minimum atomic E-state index is -2.89. The molecule has 7 heteroatoms. The summed E-state index contributed by atoms with van der Waals surface area (Å²) < 4.78 is 34.8. The van der Waals surface area contributed by atoms with E-state index in [4.69, 9.17) is 4.52 Å². The number of hydrogen-bond acceptors (Lipinski definition) is 5. The summed E-state index contributed by atoms with van der Waals surface area (Å²) in [6.07, 6.45) is 1.23. The van der Waals surface area contributed by atoms with Crippen molar-refractivity contribution in [3.05, 3.63) is 30.2 Å². The molecule has 3 rings (SSSR count). The number of benzene rings is 1. The number of nitrogens with zero attached hydrogens (tertiary/aromatic N) is 3. The van der Waals surface area contributed by atoms with Gasteiger partial charge < -0.3 is 9.26 Å². The van der Waals surface area contributed by atoms with Crippen molar-refractivity contribution in [2.24, 2.45) is 11.8 Å². The van der Waals surface area contributed by atoms with Crippen molar-refractivity contribution in [2.75, 3.05) is 13.1 Å². The number of alkyl halides is 2. The maximum absolute atomic E-state index is 12.5. The van der Waals surface area contributed by atoms with E-state index in [-0.39, 0.29) is 11.6 Å². The van der Waals surface area contributed by atoms with Crippen LogP contribution >= 0.6 is 0 Å². The lowest BCUT2D eigenvalue weighted by Gasteiger charge is -2.33. The van der Waals surface area contributed by atoms with Gasteiger partial charge in [-0.15, -0.1) is 0 Å². The van der Waals surface area contributed by atoms with Crippen molar-refractivity contribution in [1.29, 1.82) is 0 Å². The third-order valence-electron chi connectivity index (χ3n) is 4.12. The highest BCUT2D eigenvalue weighted by atomic mass is 19.3. The van der Waals surface area contributed by atoms with Crippen LogP contribution in [0.3, 0.4) is 0 Å². The van der Waals surface area contributed by atoms with E-state index in [1.54, 1.807) is 18.2 Å². The van der Waals surface area contributed by atoms with Gasteiger partial charge in [-0.2, -0.15) is 13.8 Å². The first-order valence-corrected chi connectivity index (χ1v) is 8.10. The Balaban J connectivity index is 1.74. The second kappa shape index (κ2) is 7.25. The summed E-state index contributed by atoms with van der Waals surface area (Å²) in [5, 5.41) is 3.92. The zero-order valence-electron chi connectivity index (χ0n) is 13.8. The molecule has 1 fully saturated rings. The highest BCUT2D eigenvalue weighted by Crippen LogP contribution is 2.29. The zero-order chi connectivity index (χ0) is 17.1. The standard InChI is InChI=1S/C17H21F2N3O2/c1-11-7-12(2)9-22(8-11)10-15-20-16(21-24-15)13-5-3-4-6-14(13)23-17(18)19/h3-6,11-12,17H,7-10H2,1-2H3. The molecule has 0 N–H and O–H groups in total. The fraction of sp³-hybridized carbons (Fsp3) is 0.529. The topological polar surface area (TPSA) is 51.4 Å². The second-order valence-electron chi connectivity index (χ2n) is 6.53. The Morgan fingerprint density at radius 2 is 1.96 bits per heavy atom. The van der Waals surface area contributed by atoms with Gasteiger partial charge in [0, 0.05) is 13.1 Å². The van der Waals surface area contributed by atoms with Gasteiger partial charge in [0.2, 0.25) is 11.7 Å². The Bertz CT molecular complexity index is 667. The first-order valence-electron chi connectivity index (χ1n) is 8.10. The molecule has 0 amide bonds. The van der Waals surface area contributed by atoms with Crippen LogP contribution in [0.15, 0.2) is 28.8 Å². The Labute approximate surface area is 139 Å². The van der Waals surface area contributed by atoms with Gasteiger partial charge in [0.15, 0.2) is 0 Å². The summed E-state index contributed by atoms with van der Waals surface area (Å²) in [6, 6.07) is 6.44. The van der Waals surface area contributed by atoms with Crippen LogP contribution in [0.4, 0.5) is 8.78 Å². The van der Waals surface area contributed by atoms with E-state index < -0.39 is 6.61 Å². The molecule has 0 bridgehead atoms. The lowest BCUT2D eigenvalue weighted by atomic mass is 9.92. The molecule has 0 aliphatic carbocycles. The van der Waals surface area contributed by atoms with E-state index in [0.717, 1.165) is 13.1 Å². The maximum atomic E-state index is 12.5. The van der Waals surface area contributed by atoms with Gasteiger partial charge in [-0.3, -0.25) is 4.90 Å². The van der Waals surface area contributed by atoms with Gasteiger partial charge in [0.05, 0.1) is 12.1 Å². The van der Waals surface area contributed by atoms with Crippen molar-refractivity contribution >= 4 is 0 Å². The lowest BCUT2D eigenvalue weighted by Crippen LogP contribution is -2.38. The molecule has 1 aliphatic heterocycles. The van der Waals surface area contributed by atoms with E-state index in [9.17, 15) is 8.78 Å². The maximum Gasteiger partial charge on any atom is 0.387 e. The molecular weight excluding hydrogens is 316 g/mol. The van der Waals surface area contributed by atoms with Crippen LogP contribution in [0, 0.1) is 11.8 Å². The van der Waals surface area contributed by atoms with Crippen LogP contribution in [0.2, 0.25) is 0 Å². The van der Waals surface area contributed by atoms with E-state index >= 15 is 0 Å². The molecule has 2 heterocycles. The first kappa shape index (κ1) is 16.8. The zero-order valence-corrected chi connectivity index (χ0v) is 13.8. The number of piperidine rings is 1. The highest BCUT2D eigenvalue weighted by molar-refractivity contribution is 5.63. The third kappa shape index (κ3) is 4.08. The van der Waals surface area contributed by atoms with Crippen LogP contribution in [0.5, 0.6) is 5.75 Å². The summed E-state index contributed by atoms with van der Waals surface area (Å²) in [7, 11) is 0. The molecule has 0 radical (unpaired) electrons. The molecule has 1 saturated heterocycles. The number of halogens is 2. The van der Waals surface area contributed by atoms with E-state index in [1.165, 1.54) is 12.5 Å². The molecule has 1 aliphatic rings. The Morgan fingerprint density at radius 3 is 2.67 bits per heavy atom. The summed E-state index contributed by atoms with van der Waals surface area (Å²) in [5.41, 5.74) is 0.396. The molecule has 2 aromatic rings. The molecule has 1 aromatic heterocycles. The van der Waals surface area contributed by atoms with Gasteiger partial charge in [-0.05, 0) is 30.4 Å². The average Bonchev–Trinajstić information content (AvgIpc) is 2.94. The quantitative estimate of drug-likeness (QED) is 0.830. The Morgan fingerprint density at radius 1 is 1.25 bits per heavy atom. The monoisotopic (exact) mass is 337 g/mol. The lowest BCUT2D eigenvalue weighted by molar-refractivity contribution is -0.0494. The van der Waals surface area contributed by atoms with Crippen molar-refractivity contribution in [3.8, 4) is 17.1 Å². The molecule has 1 aromatic carbocycles. The molecule has 5 nitrogen and oxygen atoms in total. The molecular formula is C17H21F2N3O2. The predicted molar refractivity (Wildman–Crippen MR) is 84.6 cm³/mol. The van der Waals surface area contributed by atoms with Gasteiger partial charge >= 0.3 is 6.61 Å². The van der Waals surface area contributed by atoms with Crippen molar-refractivity contribution in [1.82, 2.24) is 15.0 Å². The first-order chi connectivity index (χ1) is 11.5. The van der Waals surface area contributed by atoms with Gasteiger partial charge in [-0.1, -0.05) is 31.1 Å².